The second-order valence-electron chi connectivity index (χ2n) is 6.69. The quantitative estimate of drug-likeness (QED) is 0.810. The molecule has 2 N–H and O–H groups in total. The SMILES string of the molecule is COc1ccc(CN=C2NC(=O)C[C@H](C(=O)Nc3cc(C)cc(C)c3)S2)cc1. The molecule has 2 aromatic rings. The standard InChI is InChI=1S/C21H23N3O3S/c1-13-8-14(2)10-16(9-13)23-20(26)18-11-19(25)24-21(28-18)22-12-15-4-6-17(27-3)7-5-15/h4-10,18H,11-12H2,1-3H3,(H,23,26)(H,22,24,25)/t18-/m1/s1. The highest BCUT2D eigenvalue weighted by Crippen LogP contribution is 2.24. The van der Waals surface area contributed by atoms with Gasteiger partial charge in [-0.3, -0.25) is 14.6 Å². The molecular weight excluding hydrogens is 374 g/mol. The number of benzene rings is 2. The van der Waals surface area contributed by atoms with Crippen molar-refractivity contribution in [3.63, 3.8) is 0 Å². The zero-order valence-electron chi connectivity index (χ0n) is 16.1. The Morgan fingerprint density at radius 1 is 1.21 bits per heavy atom. The van der Waals surface area contributed by atoms with E-state index in [0.29, 0.717) is 11.7 Å². The first kappa shape index (κ1) is 19.9. The van der Waals surface area contributed by atoms with Crippen molar-refractivity contribution < 1.29 is 14.3 Å². The molecule has 1 aliphatic rings. The molecule has 0 aromatic heterocycles. The molecule has 146 valence electrons. The summed E-state index contributed by atoms with van der Waals surface area (Å²) in [4.78, 5) is 29.1. The number of nitrogens with one attached hydrogen (secondary N) is 2. The van der Waals surface area contributed by atoms with Crippen molar-refractivity contribution >= 4 is 34.4 Å². The number of carbonyl (C=O) groups excluding carboxylic acids is 2. The molecule has 3 rings (SSSR count). The third-order valence-corrected chi connectivity index (χ3v) is 5.34. The number of nitrogens with zero attached hydrogens (tertiary/aromatic N) is 1. The summed E-state index contributed by atoms with van der Waals surface area (Å²) in [5.74, 6) is 0.384. The lowest BCUT2D eigenvalue weighted by atomic mass is 10.1. The largest absolute Gasteiger partial charge is 0.497 e. The number of aliphatic imine (C=N–C) groups is 1. The van der Waals surface area contributed by atoms with Crippen LogP contribution in [0.3, 0.4) is 0 Å². The molecule has 0 spiro atoms. The van der Waals surface area contributed by atoms with Gasteiger partial charge in [-0.2, -0.15) is 0 Å². The average molecular weight is 398 g/mol. The maximum absolute atomic E-state index is 12.6. The highest BCUT2D eigenvalue weighted by molar-refractivity contribution is 8.15. The van der Waals surface area contributed by atoms with Crippen LogP contribution in [0.1, 0.15) is 23.1 Å². The molecule has 1 heterocycles. The summed E-state index contributed by atoms with van der Waals surface area (Å²) in [5, 5.41) is 5.61. The van der Waals surface area contributed by atoms with Gasteiger partial charge in [0.05, 0.1) is 13.7 Å². The van der Waals surface area contributed by atoms with E-state index in [0.717, 1.165) is 28.1 Å². The van der Waals surface area contributed by atoms with Crippen molar-refractivity contribution in [2.75, 3.05) is 12.4 Å². The number of carbonyl (C=O) groups is 2. The number of amides is 2. The Balaban J connectivity index is 1.65. The predicted octanol–water partition coefficient (Wildman–Crippen LogP) is 3.43. The summed E-state index contributed by atoms with van der Waals surface area (Å²) in [6.45, 7) is 4.38. The lowest BCUT2D eigenvalue weighted by molar-refractivity contribution is -0.123. The van der Waals surface area contributed by atoms with Gasteiger partial charge in [0.15, 0.2) is 5.17 Å². The molecule has 0 bridgehead atoms. The summed E-state index contributed by atoms with van der Waals surface area (Å²) in [6, 6.07) is 13.4. The fraction of sp³-hybridized carbons (Fsp3) is 0.286. The van der Waals surface area contributed by atoms with Crippen LogP contribution >= 0.6 is 11.8 Å². The Labute approximate surface area is 168 Å². The monoisotopic (exact) mass is 397 g/mol. The second kappa shape index (κ2) is 8.93. The Morgan fingerprint density at radius 2 is 1.89 bits per heavy atom. The number of amidine groups is 1. The molecule has 1 saturated heterocycles. The van der Waals surface area contributed by atoms with Crippen LogP contribution in [-0.2, 0) is 16.1 Å². The number of hydrogen-bond donors (Lipinski definition) is 2. The summed E-state index contributed by atoms with van der Waals surface area (Å²) in [5.41, 5.74) is 3.88. The first-order valence-corrected chi connectivity index (χ1v) is 9.84. The Hall–Kier alpha value is -2.80. The van der Waals surface area contributed by atoms with E-state index in [1.165, 1.54) is 11.8 Å². The first-order valence-electron chi connectivity index (χ1n) is 8.96. The van der Waals surface area contributed by atoms with Crippen LogP contribution < -0.4 is 15.4 Å². The van der Waals surface area contributed by atoms with Gasteiger partial charge in [0.25, 0.3) is 0 Å². The van der Waals surface area contributed by atoms with Crippen LogP contribution in [0.15, 0.2) is 47.5 Å². The first-order chi connectivity index (χ1) is 13.4. The molecule has 1 fully saturated rings. The van der Waals surface area contributed by atoms with Gasteiger partial charge in [-0.25, -0.2) is 0 Å². The van der Waals surface area contributed by atoms with E-state index < -0.39 is 5.25 Å². The molecule has 2 aromatic carbocycles. The Morgan fingerprint density at radius 3 is 2.54 bits per heavy atom. The predicted molar refractivity (Wildman–Crippen MR) is 113 cm³/mol. The Bertz CT molecular complexity index is 889. The third-order valence-electron chi connectivity index (χ3n) is 4.22. The molecule has 2 amide bonds. The number of methoxy groups -OCH3 is 1. The summed E-state index contributed by atoms with van der Waals surface area (Å²) in [6.07, 6.45) is 0.128. The molecule has 1 aliphatic heterocycles. The fourth-order valence-corrected chi connectivity index (χ4v) is 3.91. The lowest BCUT2D eigenvalue weighted by Gasteiger charge is -2.22. The lowest BCUT2D eigenvalue weighted by Crippen LogP contribution is -2.42. The molecule has 28 heavy (non-hydrogen) atoms. The van der Waals surface area contributed by atoms with Crippen LogP contribution in [0, 0.1) is 13.8 Å². The maximum atomic E-state index is 12.6. The maximum Gasteiger partial charge on any atom is 0.238 e. The normalized spacial score (nSPS) is 17.9. The van der Waals surface area contributed by atoms with Gasteiger partial charge in [-0.1, -0.05) is 30.0 Å². The van der Waals surface area contributed by atoms with E-state index in [1.807, 2.05) is 56.3 Å². The van der Waals surface area contributed by atoms with E-state index in [4.69, 9.17) is 4.74 Å². The highest BCUT2D eigenvalue weighted by atomic mass is 32.2. The van der Waals surface area contributed by atoms with Crippen molar-refractivity contribution in [2.45, 2.75) is 32.1 Å². The zero-order chi connectivity index (χ0) is 20.1. The number of aryl methyl sites for hydroxylation is 2. The van der Waals surface area contributed by atoms with Gasteiger partial charge < -0.3 is 15.4 Å². The molecule has 6 nitrogen and oxygen atoms in total. The highest BCUT2D eigenvalue weighted by Gasteiger charge is 2.30. The van der Waals surface area contributed by atoms with E-state index >= 15 is 0 Å². The third kappa shape index (κ3) is 5.36. The van der Waals surface area contributed by atoms with Gasteiger partial charge in [0.1, 0.15) is 11.0 Å². The minimum Gasteiger partial charge on any atom is -0.497 e. The summed E-state index contributed by atoms with van der Waals surface area (Å²) < 4.78 is 5.14. The van der Waals surface area contributed by atoms with E-state index in [1.54, 1.807) is 7.11 Å². The van der Waals surface area contributed by atoms with Gasteiger partial charge >= 0.3 is 0 Å². The van der Waals surface area contributed by atoms with Gasteiger partial charge in [-0.05, 0) is 54.8 Å². The van der Waals surface area contributed by atoms with E-state index in [9.17, 15) is 9.59 Å². The number of rotatable bonds is 5. The molecule has 7 heteroatoms. The van der Waals surface area contributed by atoms with Gasteiger partial charge in [0.2, 0.25) is 11.8 Å². The van der Waals surface area contributed by atoms with Crippen LogP contribution in [0.2, 0.25) is 0 Å². The fourth-order valence-electron chi connectivity index (χ4n) is 2.93. The minimum atomic E-state index is -0.510. The molecular formula is C21H23N3O3S. The molecule has 0 saturated carbocycles. The molecule has 0 aliphatic carbocycles. The summed E-state index contributed by atoms with van der Waals surface area (Å²) >= 11 is 1.28. The van der Waals surface area contributed by atoms with E-state index in [-0.39, 0.29) is 18.2 Å². The van der Waals surface area contributed by atoms with Crippen molar-refractivity contribution in [1.82, 2.24) is 5.32 Å². The Kier molecular flexibility index (Phi) is 6.36. The van der Waals surface area contributed by atoms with Crippen LogP contribution in [0.4, 0.5) is 5.69 Å². The van der Waals surface area contributed by atoms with Crippen molar-refractivity contribution in [3.8, 4) is 5.75 Å². The molecule has 1 atom stereocenters. The number of hydrogen-bond acceptors (Lipinski definition) is 5. The minimum absolute atomic E-state index is 0.128. The van der Waals surface area contributed by atoms with Crippen molar-refractivity contribution in [3.05, 3.63) is 59.2 Å². The zero-order valence-corrected chi connectivity index (χ0v) is 16.9. The number of thioether (sulfide) groups is 1. The number of anilines is 1. The summed E-state index contributed by atoms with van der Waals surface area (Å²) in [7, 11) is 1.62. The van der Waals surface area contributed by atoms with Gasteiger partial charge in [0, 0.05) is 12.1 Å². The van der Waals surface area contributed by atoms with Gasteiger partial charge in [-0.15, -0.1) is 0 Å². The molecule has 0 unspecified atom stereocenters. The molecule has 0 radical (unpaired) electrons. The van der Waals surface area contributed by atoms with Crippen LogP contribution in [0.25, 0.3) is 0 Å². The van der Waals surface area contributed by atoms with Crippen molar-refractivity contribution in [2.24, 2.45) is 4.99 Å². The van der Waals surface area contributed by atoms with E-state index in [2.05, 4.69) is 15.6 Å². The average Bonchev–Trinajstić information content (AvgIpc) is 2.65. The second-order valence-corrected chi connectivity index (χ2v) is 7.89. The van der Waals surface area contributed by atoms with Crippen molar-refractivity contribution in [1.29, 1.82) is 0 Å². The van der Waals surface area contributed by atoms with Crippen LogP contribution in [-0.4, -0.2) is 29.3 Å². The van der Waals surface area contributed by atoms with Crippen LogP contribution in [0.5, 0.6) is 5.75 Å². The topological polar surface area (TPSA) is 79.8 Å². The number of ether oxygens (including phenoxy) is 1. The smallest absolute Gasteiger partial charge is 0.238 e.